The van der Waals surface area contributed by atoms with Crippen LogP contribution in [0.15, 0.2) is 42.5 Å². The van der Waals surface area contributed by atoms with Crippen molar-refractivity contribution in [1.82, 2.24) is 5.32 Å². The SMILES string of the molecule is CC(NCC1(O)CCc2ccccc21)c1ccc(C#N)c(F)c1. The van der Waals surface area contributed by atoms with Crippen molar-refractivity contribution in [3.05, 3.63) is 70.5 Å². The average molecular weight is 310 g/mol. The minimum atomic E-state index is -0.879. The normalized spacial score (nSPS) is 20.8. The predicted molar refractivity (Wildman–Crippen MR) is 86.2 cm³/mol. The van der Waals surface area contributed by atoms with Gasteiger partial charge in [0.15, 0.2) is 0 Å². The lowest BCUT2D eigenvalue weighted by molar-refractivity contribution is 0.0363. The van der Waals surface area contributed by atoms with Crippen LogP contribution in [0.3, 0.4) is 0 Å². The third kappa shape index (κ3) is 2.98. The van der Waals surface area contributed by atoms with Gasteiger partial charge in [-0.3, -0.25) is 0 Å². The first-order chi connectivity index (χ1) is 11.0. The minimum Gasteiger partial charge on any atom is -0.384 e. The highest BCUT2D eigenvalue weighted by atomic mass is 19.1. The van der Waals surface area contributed by atoms with E-state index in [1.54, 1.807) is 6.07 Å². The van der Waals surface area contributed by atoms with Gasteiger partial charge in [-0.2, -0.15) is 5.26 Å². The Balaban J connectivity index is 1.71. The molecular weight excluding hydrogens is 291 g/mol. The molecule has 23 heavy (non-hydrogen) atoms. The largest absolute Gasteiger partial charge is 0.384 e. The van der Waals surface area contributed by atoms with E-state index in [4.69, 9.17) is 5.26 Å². The molecule has 3 nitrogen and oxygen atoms in total. The molecule has 2 aromatic carbocycles. The maximum absolute atomic E-state index is 13.7. The van der Waals surface area contributed by atoms with Gasteiger partial charge in [0, 0.05) is 12.6 Å². The van der Waals surface area contributed by atoms with Crippen LogP contribution in [0.25, 0.3) is 0 Å². The van der Waals surface area contributed by atoms with Crippen molar-refractivity contribution in [3.63, 3.8) is 0 Å². The zero-order chi connectivity index (χ0) is 16.4. The van der Waals surface area contributed by atoms with Crippen LogP contribution in [0.5, 0.6) is 0 Å². The summed E-state index contributed by atoms with van der Waals surface area (Å²) < 4.78 is 13.7. The maximum Gasteiger partial charge on any atom is 0.141 e. The molecule has 0 radical (unpaired) electrons. The lowest BCUT2D eigenvalue weighted by atomic mass is 9.95. The van der Waals surface area contributed by atoms with Crippen LogP contribution in [-0.4, -0.2) is 11.7 Å². The number of nitriles is 1. The fourth-order valence-corrected chi connectivity index (χ4v) is 3.18. The second-order valence-corrected chi connectivity index (χ2v) is 6.14. The van der Waals surface area contributed by atoms with Crippen LogP contribution in [-0.2, 0) is 12.0 Å². The molecule has 0 amide bonds. The van der Waals surface area contributed by atoms with E-state index < -0.39 is 11.4 Å². The lowest BCUT2D eigenvalue weighted by Gasteiger charge is -2.27. The Morgan fingerprint density at radius 1 is 1.35 bits per heavy atom. The summed E-state index contributed by atoms with van der Waals surface area (Å²) in [5.41, 5.74) is 2.09. The van der Waals surface area contributed by atoms with Gasteiger partial charge >= 0.3 is 0 Å². The van der Waals surface area contributed by atoms with Crippen LogP contribution in [0, 0.1) is 17.1 Å². The second-order valence-electron chi connectivity index (χ2n) is 6.14. The zero-order valence-electron chi connectivity index (χ0n) is 13.0. The van der Waals surface area contributed by atoms with Gasteiger partial charge in [0.25, 0.3) is 0 Å². The molecule has 1 aliphatic rings. The van der Waals surface area contributed by atoms with Crippen molar-refractivity contribution in [2.24, 2.45) is 0 Å². The monoisotopic (exact) mass is 310 g/mol. The summed E-state index contributed by atoms with van der Waals surface area (Å²) in [4.78, 5) is 0. The van der Waals surface area contributed by atoms with Crippen LogP contribution < -0.4 is 5.32 Å². The van der Waals surface area contributed by atoms with Gasteiger partial charge in [-0.05, 0) is 48.6 Å². The van der Waals surface area contributed by atoms with Gasteiger partial charge in [0.2, 0.25) is 0 Å². The molecule has 0 saturated heterocycles. The first kappa shape index (κ1) is 15.7. The van der Waals surface area contributed by atoms with E-state index in [9.17, 15) is 9.50 Å². The molecule has 0 spiro atoms. The smallest absolute Gasteiger partial charge is 0.141 e. The quantitative estimate of drug-likeness (QED) is 0.912. The van der Waals surface area contributed by atoms with E-state index in [0.29, 0.717) is 13.0 Å². The average Bonchev–Trinajstić information content (AvgIpc) is 2.91. The lowest BCUT2D eigenvalue weighted by Crippen LogP contribution is -2.37. The highest BCUT2D eigenvalue weighted by Gasteiger charge is 2.36. The molecule has 3 rings (SSSR count). The van der Waals surface area contributed by atoms with E-state index in [-0.39, 0.29) is 11.6 Å². The molecule has 0 aliphatic heterocycles. The van der Waals surface area contributed by atoms with Crippen molar-refractivity contribution < 1.29 is 9.50 Å². The van der Waals surface area contributed by atoms with Crippen molar-refractivity contribution in [1.29, 1.82) is 5.26 Å². The molecular formula is C19H19FN2O. The molecule has 0 fully saturated rings. The highest BCUT2D eigenvalue weighted by Crippen LogP contribution is 2.36. The Hall–Kier alpha value is -2.22. The van der Waals surface area contributed by atoms with E-state index in [1.807, 2.05) is 37.3 Å². The summed E-state index contributed by atoms with van der Waals surface area (Å²) in [5.74, 6) is -0.511. The Morgan fingerprint density at radius 3 is 2.87 bits per heavy atom. The molecule has 0 saturated carbocycles. The number of rotatable bonds is 4. The number of halogens is 1. The Bertz CT molecular complexity index is 768. The predicted octanol–water partition coefficient (Wildman–Crippen LogP) is 3.18. The molecule has 2 atom stereocenters. The molecule has 1 aliphatic carbocycles. The van der Waals surface area contributed by atoms with Crippen molar-refractivity contribution in [2.45, 2.75) is 31.4 Å². The summed E-state index contributed by atoms with van der Waals surface area (Å²) in [7, 11) is 0. The van der Waals surface area contributed by atoms with E-state index in [2.05, 4.69) is 5.32 Å². The molecule has 118 valence electrons. The number of benzene rings is 2. The van der Waals surface area contributed by atoms with Crippen molar-refractivity contribution in [2.75, 3.05) is 6.54 Å². The van der Waals surface area contributed by atoms with Crippen LogP contribution >= 0.6 is 0 Å². The summed E-state index contributed by atoms with van der Waals surface area (Å²) in [5, 5.41) is 23.0. The molecule has 4 heteroatoms. The molecule has 0 bridgehead atoms. The number of hydrogen-bond acceptors (Lipinski definition) is 3. The first-order valence-electron chi connectivity index (χ1n) is 7.77. The fourth-order valence-electron chi connectivity index (χ4n) is 3.18. The molecule has 0 aromatic heterocycles. The summed E-state index contributed by atoms with van der Waals surface area (Å²) in [6.07, 6.45) is 1.56. The van der Waals surface area contributed by atoms with Crippen LogP contribution in [0.1, 0.15) is 41.6 Å². The topological polar surface area (TPSA) is 56.0 Å². The summed E-state index contributed by atoms with van der Waals surface area (Å²) >= 11 is 0. The zero-order valence-corrected chi connectivity index (χ0v) is 13.0. The van der Waals surface area contributed by atoms with E-state index in [1.165, 1.54) is 17.7 Å². The van der Waals surface area contributed by atoms with Gasteiger partial charge in [0.1, 0.15) is 17.5 Å². The van der Waals surface area contributed by atoms with E-state index >= 15 is 0 Å². The number of fused-ring (bicyclic) bond motifs is 1. The first-order valence-corrected chi connectivity index (χ1v) is 7.77. The third-order valence-corrected chi connectivity index (χ3v) is 4.64. The fraction of sp³-hybridized carbons (Fsp3) is 0.316. The van der Waals surface area contributed by atoms with Gasteiger partial charge in [-0.15, -0.1) is 0 Å². The Labute approximate surface area is 135 Å². The molecule has 2 aromatic rings. The molecule has 2 unspecified atom stereocenters. The number of nitrogens with zero attached hydrogens (tertiary/aromatic N) is 1. The standard InChI is InChI=1S/C19H19FN2O/c1-13(15-6-7-16(11-21)18(20)10-15)22-12-19(23)9-8-14-4-2-3-5-17(14)19/h2-7,10,13,22-23H,8-9,12H2,1H3. The van der Waals surface area contributed by atoms with Gasteiger partial charge in [-0.25, -0.2) is 4.39 Å². The van der Waals surface area contributed by atoms with Crippen molar-refractivity contribution in [3.8, 4) is 6.07 Å². The molecule has 0 heterocycles. The number of aryl methyl sites for hydroxylation is 1. The minimum absolute atomic E-state index is 0.0456. The Morgan fingerprint density at radius 2 is 2.13 bits per heavy atom. The van der Waals surface area contributed by atoms with Crippen LogP contribution in [0.4, 0.5) is 4.39 Å². The maximum atomic E-state index is 13.7. The number of aliphatic hydroxyl groups is 1. The number of nitrogens with one attached hydrogen (secondary N) is 1. The summed E-state index contributed by atoms with van der Waals surface area (Å²) in [6.45, 7) is 2.33. The number of hydrogen-bond donors (Lipinski definition) is 2. The van der Waals surface area contributed by atoms with Crippen LogP contribution in [0.2, 0.25) is 0 Å². The van der Waals surface area contributed by atoms with E-state index in [0.717, 1.165) is 17.5 Å². The van der Waals surface area contributed by atoms with Gasteiger partial charge < -0.3 is 10.4 Å². The highest BCUT2D eigenvalue weighted by molar-refractivity contribution is 5.38. The second kappa shape index (κ2) is 6.11. The molecule has 2 N–H and O–H groups in total. The third-order valence-electron chi connectivity index (χ3n) is 4.64. The Kier molecular flexibility index (Phi) is 4.16. The van der Waals surface area contributed by atoms with Gasteiger partial charge in [0.05, 0.1) is 5.56 Å². The van der Waals surface area contributed by atoms with Crippen molar-refractivity contribution >= 4 is 0 Å². The van der Waals surface area contributed by atoms with Gasteiger partial charge in [-0.1, -0.05) is 30.3 Å². The summed E-state index contributed by atoms with van der Waals surface area (Å²) in [6, 6.07) is 14.3.